The minimum Gasteiger partial charge on any atom is -0.389 e. The van der Waals surface area contributed by atoms with E-state index in [1.54, 1.807) is 30.1 Å². The molecule has 0 saturated heterocycles. The lowest BCUT2D eigenvalue weighted by Crippen LogP contribution is -2.17. The Kier molecular flexibility index (Phi) is 3.96. The van der Waals surface area contributed by atoms with Crippen LogP contribution in [0, 0.1) is 0 Å². The van der Waals surface area contributed by atoms with Crippen LogP contribution in [0.3, 0.4) is 0 Å². The van der Waals surface area contributed by atoms with Gasteiger partial charge in [-0.15, -0.1) is 0 Å². The number of nitrogens with two attached hydrogens (primary N) is 1. The zero-order valence-corrected chi connectivity index (χ0v) is 12.5. The highest BCUT2D eigenvalue weighted by Gasteiger charge is 2.12. The maximum atomic E-state index is 12.0. The van der Waals surface area contributed by atoms with Crippen LogP contribution >= 0.6 is 28.1 Å². The molecule has 0 radical (unpaired) electrons. The van der Waals surface area contributed by atoms with Gasteiger partial charge in [-0.25, -0.2) is 0 Å². The van der Waals surface area contributed by atoms with Crippen molar-refractivity contribution in [3.05, 3.63) is 46.2 Å². The van der Waals surface area contributed by atoms with Crippen LogP contribution in [0.4, 0.5) is 5.69 Å². The summed E-state index contributed by atoms with van der Waals surface area (Å²) in [6.45, 7) is 0. The van der Waals surface area contributed by atoms with Crippen LogP contribution in [0.2, 0.25) is 0 Å². The maximum absolute atomic E-state index is 12.0. The molecular formula is C12H11BrN4OS. The van der Waals surface area contributed by atoms with Crippen LogP contribution in [-0.2, 0) is 7.05 Å². The van der Waals surface area contributed by atoms with Gasteiger partial charge in [0.2, 0.25) is 0 Å². The first-order valence-corrected chi connectivity index (χ1v) is 6.57. The molecule has 0 spiro atoms. The highest BCUT2D eigenvalue weighted by molar-refractivity contribution is 9.10. The SMILES string of the molecule is Cn1cc(C(=O)Nc2cc(Br)ccc2C(N)=S)cn1. The number of aryl methyl sites for hydroxylation is 1. The number of aromatic nitrogens is 2. The molecule has 2 aromatic rings. The largest absolute Gasteiger partial charge is 0.389 e. The molecule has 0 aliphatic heterocycles. The molecule has 1 aromatic heterocycles. The van der Waals surface area contributed by atoms with Crippen molar-refractivity contribution < 1.29 is 4.79 Å². The Bertz CT molecular complexity index is 653. The van der Waals surface area contributed by atoms with Gasteiger partial charge >= 0.3 is 0 Å². The Morgan fingerprint density at radius 3 is 2.84 bits per heavy atom. The van der Waals surface area contributed by atoms with E-state index in [2.05, 4.69) is 26.3 Å². The van der Waals surface area contributed by atoms with Crippen LogP contribution in [0.15, 0.2) is 35.1 Å². The summed E-state index contributed by atoms with van der Waals surface area (Å²) in [5.41, 5.74) is 7.29. The molecule has 1 amide bonds. The summed E-state index contributed by atoms with van der Waals surface area (Å²) in [6, 6.07) is 5.32. The molecule has 7 heteroatoms. The molecule has 0 atom stereocenters. The fourth-order valence-electron chi connectivity index (χ4n) is 1.57. The number of hydrogen-bond acceptors (Lipinski definition) is 3. The van der Waals surface area contributed by atoms with Gasteiger partial charge in [-0.05, 0) is 18.2 Å². The van der Waals surface area contributed by atoms with Crippen LogP contribution < -0.4 is 11.1 Å². The molecule has 98 valence electrons. The zero-order chi connectivity index (χ0) is 14.0. The highest BCUT2D eigenvalue weighted by atomic mass is 79.9. The van der Waals surface area contributed by atoms with Crippen LogP contribution in [0.5, 0.6) is 0 Å². The van der Waals surface area contributed by atoms with E-state index in [1.165, 1.54) is 6.20 Å². The first kappa shape index (κ1) is 13.7. The normalized spacial score (nSPS) is 10.2. The monoisotopic (exact) mass is 338 g/mol. The lowest BCUT2D eigenvalue weighted by atomic mass is 10.1. The van der Waals surface area contributed by atoms with Crippen LogP contribution in [0.25, 0.3) is 0 Å². The number of carbonyl (C=O) groups excluding carboxylic acids is 1. The molecule has 0 fully saturated rings. The predicted octanol–water partition coefficient (Wildman–Crippen LogP) is 2.07. The molecule has 1 aromatic carbocycles. The highest BCUT2D eigenvalue weighted by Crippen LogP contribution is 2.22. The summed E-state index contributed by atoms with van der Waals surface area (Å²) >= 11 is 8.31. The molecule has 0 bridgehead atoms. The van der Waals surface area contributed by atoms with E-state index in [-0.39, 0.29) is 10.9 Å². The van der Waals surface area contributed by atoms with Gasteiger partial charge in [-0.2, -0.15) is 5.10 Å². The maximum Gasteiger partial charge on any atom is 0.258 e. The summed E-state index contributed by atoms with van der Waals surface area (Å²) in [6.07, 6.45) is 3.13. The Morgan fingerprint density at radius 2 is 2.26 bits per heavy atom. The number of carbonyl (C=O) groups is 1. The average Bonchev–Trinajstić information content (AvgIpc) is 2.75. The van der Waals surface area contributed by atoms with E-state index < -0.39 is 0 Å². The van der Waals surface area contributed by atoms with E-state index in [0.29, 0.717) is 16.8 Å². The van der Waals surface area contributed by atoms with E-state index in [1.807, 2.05) is 6.07 Å². The summed E-state index contributed by atoms with van der Waals surface area (Å²) < 4.78 is 2.39. The third-order valence-corrected chi connectivity index (χ3v) is 3.18. The smallest absolute Gasteiger partial charge is 0.258 e. The van der Waals surface area contributed by atoms with Gasteiger partial charge < -0.3 is 11.1 Å². The van der Waals surface area contributed by atoms with Gasteiger partial charge in [0.25, 0.3) is 5.91 Å². The van der Waals surface area contributed by atoms with Crippen LogP contribution in [-0.4, -0.2) is 20.7 Å². The van der Waals surface area contributed by atoms with E-state index in [4.69, 9.17) is 18.0 Å². The van der Waals surface area contributed by atoms with Gasteiger partial charge in [0.05, 0.1) is 17.4 Å². The van der Waals surface area contributed by atoms with Gasteiger partial charge in [-0.3, -0.25) is 9.48 Å². The fraction of sp³-hybridized carbons (Fsp3) is 0.0833. The number of anilines is 1. The summed E-state index contributed by atoms with van der Waals surface area (Å²) in [4.78, 5) is 12.3. The molecule has 0 unspecified atom stereocenters. The van der Waals surface area contributed by atoms with Crippen molar-refractivity contribution in [1.82, 2.24) is 9.78 Å². The quantitative estimate of drug-likeness (QED) is 0.840. The van der Waals surface area contributed by atoms with Crippen molar-refractivity contribution in [2.24, 2.45) is 12.8 Å². The van der Waals surface area contributed by atoms with Crippen molar-refractivity contribution in [2.75, 3.05) is 5.32 Å². The number of rotatable bonds is 3. The van der Waals surface area contributed by atoms with E-state index >= 15 is 0 Å². The molecule has 5 nitrogen and oxygen atoms in total. The summed E-state index contributed by atoms with van der Waals surface area (Å²) in [5, 5.41) is 6.72. The van der Waals surface area contributed by atoms with Crippen molar-refractivity contribution in [2.45, 2.75) is 0 Å². The lowest BCUT2D eigenvalue weighted by Gasteiger charge is -2.09. The lowest BCUT2D eigenvalue weighted by molar-refractivity contribution is 0.102. The Labute approximate surface area is 123 Å². The van der Waals surface area contributed by atoms with Gasteiger partial charge in [0, 0.05) is 23.3 Å². The Hall–Kier alpha value is -1.73. The molecule has 2 rings (SSSR count). The molecule has 0 aliphatic carbocycles. The van der Waals surface area contributed by atoms with Gasteiger partial charge in [0.15, 0.2) is 0 Å². The Morgan fingerprint density at radius 1 is 1.53 bits per heavy atom. The molecular weight excluding hydrogens is 328 g/mol. The zero-order valence-electron chi connectivity index (χ0n) is 10.1. The van der Waals surface area contributed by atoms with E-state index in [0.717, 1.165) is 4.47 Å². The number of benzene rings is 1. The van der Waals surface area contributed by atoms with Gasteiger partial charge in [0.1, 0.15) is 4.99 Å². The average molecular weight is 339 g/mol. The van der Waals surface area contributed by atoms with Crippen molar-refractivity contribution in [3.63, 3.8) is 0 Å². The summed E-state index contributed by atoms with van der Waals surface area (Å²) in [5.74, 6) is -0.260. The third kappa shape index (κ3) is 3.18. The number of thiocarbonyl (C=S) groups is 1. The number of nitrogens with zero attached hydrogens (tertiary/aromatic N) is 2. The molecule has 3 N–H and O–H groups in total. The molecule has 0 aliphatic rings. The number of hydrogen-bond donors (Lipinski definition) is 2. The Balaban J connectivity index is 2.30. The molecule has 0 saturated carbocycles. The third-order valence-electron chi connectivity index (χ3n) is 2.46. The number of halogens is 1. The number of amides is 1. The second-order valence-electron chi connectivity index (χ2n) is 3.91. The summed E-state index contributed by atoms with van der Waals surface area (Å²) in [7, 11) is 1.75. The van der Waals surface area contributed by atoms with Crippen LogP contribution in [0.1, 0.15) is 15.9 Å². The molecule has 19 heavy (non-hydrogen) atoms. The topological polar surface area (TPSA) is 72.9 Å². The predicted molar refractivity (Wildman–Crippen MR) is 81.2 cm³/mol. The van der Waals surface area contributed by atoms with Gasteiger partial charge in [-0.1, -0.05) is 28.1 Å². The number of nitrogens with one attached hydrogen (secondary N) is 1. The second-order valence-corrected chi connectivity index (χ2v) is 5.27. The second kappa shape index (κ2) is 5.50. The minimum absolute atomic E-state index is 0.231. The van der Waals surface area contributed by atoms with Crippen molar-refractivity contribution >= 4 is 44.7 Å². The minimum atomic E-state index is -0.260. The standard InChI is InChI=1S/C12H11BrN4OS/c1-17-6-7(5-15-17)12(18)16-10-4-8(13)2-3-9(10)11(14)19/h2-6H,1H3,(H2,14,19)(H,16,18). The molecule has 1 heterocycles. The fourth-order valence-corrected chi connectivity index (χ4v) is 2.11. The first-order chi connectivity index (χ1) is 8.97. The van der Waals surface area contributed by atoms with Crippen molar-refractivity contribution in [3.8, 4) is 0 Å². The first-order valence-electron chi connectivity index (χ1n) is 5.36. The van der Waals surface area contributed by atoms with E-state index in [9.17, 15) is 4.79 Å². The van der Waals surface area contributed by atoms with Crippen molar-refractivity contribution in [1.29, 1.82) is 0 Å².